The van der Waals surface area contributed by atoms with Gasteiger partial charge in [0.1, 0.15) is 17.3 Å². The Bertz CT molecular complexity index is 1150. The van der Waals surface area contributed by atoms with Crippen molar-refractivity contribution >= 4 is 17.5 Å². The van der Waals surface area contributed by atoms with E-state index in [1.807, 2.05) is 24.3 Å². The van der Waals surface area contributed by atoms with Crippen molar-refractivity contribution < 1.29 is 23.5 Å². The number of benzene rings is 3. The number of ether oxygens (including phenoxy) is 2. The fraction of sp³-hybridized carbons (Fsp3) is 0.259. The molecule has 3 aromatic rings. The Kier molecular flexibility index (Phi) is 7.11. The molecule has 1 N–H and O–H groups in total. The lowest BCUT2D eigenvalue weighted by molar-refractivity contribution is -0.129. The van der Waals surface area contributed by atoms with Crippen molar-refractivity contribution in [2.24, 2.45) is 5.92 Å². The molecule has 6 nitrogen and oxygen atoms in total. The summed E-state index contributed by atoms with van der Waals surface area (Å²) in [6.07, 6.45) is 0.627. The molecule has 2 amide bonds. The fourth-order valence-corrected chi connectivity index (χ4v) is 4.42. The first-order valence-corrected chi connectivity index (χ1v) is 11.1. The molecule has 0 spiro atoms. The molecular formula is C27H27FN2O4. The highest BCUT2D eigenvalue weighted by Gasteiger charge is 2.41. The Morgan fingerprint density at radius 1 is 1.00 bits per heavy atom. The summed E-state index contributed by atoms with van der Waals surface area (Å²) in [6.45, 7) is 0.298. The zero-order chi connectivity index (χ0) is 24.1. The molecule has 176 valence electrons. The number of methoxy groups -OCH3 is 2. The lowest BCUT2D eigenvalue weighted by Crippen LogP contribution is -2.48. The lowest BCUT2D eigenvalue weighted by atomic mass is 9.83. The average Bonchev–Trinajstić information content (AvgIpc) is 2.88. The number of amides is 2. The van der Waals surface area contributed by atoms with E-state index in [4.69, 9.17) is 9.47 Å². The van der Waals surface area contributed by atoms with Crippen LogP contribution in [0.2, 0.25) is 0 Å². The number of rotatable bonds is 7. The molecule has 0 radical (unpaired) electrons. The second-order valence-electron chi connectivity index (χ2n) is 8.13. The van der Waals surface area contributed by atoms with Crippen molar-refractivity contribution in [3.8, 4) is 11.5 Å². The van der Waals surface area contributed by atoms with E-state index < -0.39 is 12.0 Å². The van der Waals surface area contributed by atoms with Gasteiger partial charge in [0.15, 0.2) is 0 Å². The zero-order valence-corrected chi connectivity index (χ0v) is 19.2. The first-order valence-electron chi connectivity index (χ1n) is 11.1. The number of anilines is 1. The van der Waals surface area contributed by atoms with Crippen molar-refractivity contribution in [3.63, 3.8) is 0 Å². The lowest BCUT2D eigenvalue weighted by Gasteiger charge is -2.41. The van der Waals surface area contributed by atoms with Gasteiger partial charge in [0, 0.05) is 24.2 Å². The van der Waals surface area contributed by atoms with Crippen molar-refractivity contribution in [1.29, 1.82) is 0 Å². The molecule has 0 bridgehead atoms. The normalized spacial score (nSPS) is 17.9. The van der Waals surface area contributed by atoms with E-state index in [1.165, 1.54) is 12.1 Å². The number of hydrogen-bond acceptors (Lipinski definition) is 4. The summed E-state index contributed by atoms with van der Waals surface area (Å²) < 4.78 is 24.3. The quantitative estimate of drug-likeness (QED) is 0.555. The number of para-hydroxylation sites is 1. The molecule has 0 unspecified atom stereocenters. The number of hydrogen-bond donors (Lipinski definition) is 1. The van der Waals surface area contributed by atoms with Gasteiger partial charge in [-0.1, -0.05) is 30.3 Å². The molecule has 1 heterocycles. The third-order valence-corrected chi connectivity index (χ3v) is 6.14. The number of nitrogens with one attached hydrogen (secondary N) is 1. The van der Waals surface area contributed by atoms with Crippen LogP contribution in [0, 0.1) is 11.7 Å². The van der Waals surface area contributed by atoms with Gasteiger partial charge in [-0.15, -0.1) is 0 Å². The minimum atomic E-state index is -0.576. The van der Waals surface area contributed by atoms with E-state index >= 15 is 0 Å². The molecule has 34 heavy (non-hydrogen) atoms. The van der Waals surface area contributed by atoms with E-state index in [0.717, 1.165) is 5.56 Å². The summed E-state index contributed by atoms with van der Waals surface area (Å²) in [7, 11) is 3.16. The SMILES string of the molecule is COc1ccc(N2C(=O)CC[C@H](C(=O)NCc3ccccc3OC)[C@@H]2c2ccc(F)cc2)cc1. The third kappa shape index (κ3) is 4.88. The van der Waals surface area contributed by atoms with Crippen molar-refractivity contribution in [2.75, 3.05) is 19.1 Å². The van der Waals surface area contributed by atoms with Gasteiger partial charge >= 0.3 is 0 Å². The molecule has 0 aromatic heterocycles. The van der Waals surface area contributed by atoms with Crippen LogP contribution in [-0.4, -0.2) is 26.0 Å². The fourth-order valence-electron chi connectivity index (χ4n) is 4.42. The van der Waals surface area contributed by atoms with Gasteiger partial charge in [0.25, 0.3) is 0 Å². The summed E-state index contributed by atoms with van der Waals surface area (Å²) in [4.78, 5) is 28.2. The Hall–Kier alpha value is -3.87. The predicted molar refractivity (Wildman–Crippen MR) is 127 cm³/mol. The molecule has 7 heteroatoms. The highest BCUT2D eigenvalue weighted by atomic mass is 19.1. The maximum absolute atomic E-state index is 13.7. The number of nitrogens with zero attached hydrogens (tertiary/aromatic N) is 1. The summed E-state index contributed by atoms with van der Waals surface area (Å²) >= 11 is 0. The Morgan fingerprint density at radius 3 is 2.38 bits per heavy atom. The number of carbonyl (C=O) groups excluding carboxylic acids is 2. The van der Waals surface area contributed by atoms with Crippen LogP contribution in [0.3, 0.4) is 0 Å². The Morgan fingerprint density at radius 2 is 1.71 bits per heavy atom. The largest absolute Gasteiger partial charge is 0.497 e. The molecule has 1 aliphatic rings. The molecule has 4 rings (SSSR count). The third-order valence-electron chi connectivity index (χ3n) is 6.14. The Balaban J connectivity index is 1.66. The molecule has 1 saturated heterocycles. The summed E-state index contributed by atoms with van der Waals surface area (Å²) in [6, 6.07) is 20.0. The first-order chi connectivity index (χ1) is 16.5. The minimum Gasteiger partial charge on any atom is -0.497 e. The molecule has 1 fully saturated rings. The second kappa shape index (κ2) is 10.4. The van der Waals surface area contributed by atoms with E-state index in [0.29, 0.717) is 35.7 Å². The van der Waals surface area contributed by atoms with Gasteiger partial charge in [0.05, 0.1) is 26.2 Å². The second-order valence-corrected chi connectivity index (χ2v) is 8.13. The number of piperidine rings is 1. The van der Waals surface area contributed by atoms with Crippen LogP contribution in [0.5, 0.6) is 11.5 Å². The van der Waals surface area contributed by atoms with Crippen LogP contribution in [-0.2, 0) is 16.1 Å². The summed E-state index contributed by atoms with van der Waals surface area (Å²) in [5, 5.41) is 3.01. The topological polar surface area (TPSA) is 67.9 Å². The van der Waals surface area contributed by atoms with Crippen LogP contribution < -0.4 is 19.7 Å². The van der Waals surface area contributed by atoms with Crippen LogP contribution in [0.15, 0.2) is 72.8 Å². The highest BCUT2D eigenvalue weighted by Crippen LogP contribution is 2.40. The Labute approximate surface area is 198 Å². The molecule has 2 atom stereocenters. The summed E-state index contributed by atoms with van der Waals surface area (Å²) in [5.74, 6) is 0.202. The zero-order valence-electron chi connectivity index (χ0n) is 19.2. The molecular weight excluding hydrogens is 435 g/mol. The highest BCUT2D eigenvalue weighted by molar-refractivity contribution is 5.97. The summed E-state index contributed by atoms with van der Waals surface area (Å²) in [5.41, 5.74) is 2.21. The maximum atomic E-state index is 13.7. The van der Waals surface area contributed by atoms with Crippen molar-refractivity contribution in [2.45, 2.75) is 25.4 Å². The number of halogens is 1. The smallest absolute Gasteiger partial charge is 0.227 e. The molecule has 0 saturated carbocycles. The monoisotopic (exact) mass is 462 g/mol. The van der Waals surface area contributed by atoms with Crippen LogP contribution in [0.25, 0.3) is 0 Å². The van der Waals surface area contributed by atoms with E-state index in [2.05, 4.69) is 5.32 Å². The van der Waals surface area contributed by atoms with Gasteiger partial charge in [-0.2, -0.15) is 0 Å². The standard InChI is InChI=1S/C27H27FN2O4/c1-33-22-13-11-21(12-14-22)30-25(31)16-15-23(26(30)18-7-9-20(28)10-8-18)27(32)29-17-19-5-3-4-6-24(19)34-2/h3-14,23,26H,15-17H2,1-2H3,(H,29,32)/t23-,26-/m0/s1. The van der Waals surface area contributed by atoms with Gasteiger partial charge in [-0.3, -0.25) is 9.59 Å². The van der Waals surface area contributed by atoms with E-state index in [9.17, 15) is 14.0 Å². The van der Waals surface area contributed by atoms with Crippen LogP contribution in [0.4, 0.5) is 10.1 Å². The molecule has 1 aliphatic heterocycles. The van der Waals surface area contributed by atoms with Gasteiger partial charge in [-0.25, -0.2) is 4.39 Å². The minimum absolute atomic E-state index is 0.0896. The molecule has 3 aromatic carbocycles. The van der Waals surface area contributed by atoms with Crippen molar-refractivity contribution in [1.82, 2.24) is 5.32 Å². The van der Waals surface area contributed by atoms with Gasteiger partial charge in [0.2, 0.25) is 11.8 Å². The van der Waals surface area contributed by atoms with Gasteiger partial charge in [-0.05, 0) is 54.4 Å². The first kappa shape index (κ1) is 23.3. The van der Waals surface area contributed by atoms with Gasteiger partial charge < -0.3 is 19.7 Å². The maximum Gasteiger partial charge on any atom is 0.227 e. The number of carbonyl (C=O) groups is 2. The van der Waals surface area contributed by atoms with Crippen molar-refractivity contribution in [3.05, 3.63) is 89.7 Å². The van der Waals surface area contributed by atoms with E-state index in [-0.39, 0.29) is 24.1 Å². The van der Waals surface area contributed by atoms with E-state index in [1.54, 1.807) is 55.5 Å². The van der Waals surface area contributed by atoms with Crippen LogP contribution >= 0.6 is 0 Å². The predicted octanol–water partition coefficient (Wildman–Crippen LogP) is 4.64. The van der Waals surface area contributed by atoms with Crippen LogP contribution in [0.1, 0.15) is 30.0 Å². The average molecular weight is 463 g/mol. The molecule has 0 aliphatic carbocycles.